The summed E-state index contributed by atoms with van der Waals surface area (Å²) in [6.45, 7) is 3.81. The maximum atomic E-state index is 7.54. The highest BCUT2D eigenvalue weighted by molar-refractivity contribution is 7.07. The van der Waals surface area contributed by atoms with E-state index in [-0.39, 0.29) is 0 Å². The van der Waals surface area contributed by atoms with Crippen molar-refractivity contribution < 1.29 is 9.16 Å². The average Bonchev–Trinajstić information content (AvgIpc) is 3.28. The second kappa shape index (κ2) is 10.5. The van der Waals surface area contributed by atoms with Gasteiger partial charge in [-0.25, -0.2) is 0 Å². The summed E-state index contributed by atoms with van der Waals surface area (Å²) in [5.41, 5.74) is 4.72. The summed E-state index contributed by atoms with van der Waals surface area (Å²) in [6, 6.07) is 49.9. The van der Waals surface area contributed by atoms with Gasteiger partial charge in [-0.15, -0.1) is 0 Å². The SMILES string of the molecule is CCOCC1(CO[Si](c2ccccc2)(c2ccccc2)c2ccccc2)c2ccccc2-c2ccccc21. The summed E-state index contributed by atoms with van der Waals surface area (Å²) in [4.78, 5) is 0. The van der Waals surface area contributed by atoms with E-state index in [1.807, 2.05) is 0 Å². The summed E-state index contributed by atoms with van der Waals surface area (Å²) in [5, 5.41) is 3.72. The molecule has 0 N–H and O–H groups in total. The molecule has 0 amide bonds. The Morgan fingerprint density at radius 3 is 1.32 bits per heavy atom. The van der Waals surface area contributed by atoms with Crippen molar-refractivity contribution in [2.75, 3.05) is 19.8 Å². The lowest BCUT2D eigenvalue weighted by molar-refractivity contribution is 0.0834. The Balaban J connectivity index is 1.56. The minimum Gasteiger partial charge on any atom is -0.403 e. The molecule has 6 rings (SSSR count). The van der Waals surface area contributed by atoms with Crippen molar-refractivity contribution in [2.45, 2.75) is 12.3 Å². The monoisotopic (exact) mass is 512 g/mol. The van der Waals surface area contributed by atoms with Gasteiger partial charge in [-0.2, -0.15) is 0 Å². The van der Waals surface area contributed by atoms with E-state index in [0.29, 0.717) is 19.8 Å². The third-order valence-corrected chi connectivity index (χ3v) is 11.8. The smallest absolute Gasteiger partial charge is 0.288 e. The van der Waals surface area contributed by atoms with Crippen molar-refractivity contribution in [3.05, 3.63) is 151 Å². The predicted molar refractivity (Wildman–Crippen MR) is 159 cm³/mol. The number of hydrogen-bond donors (Lipinski definition) is 0. The van der Waals surface area contributed by atoms with Crippen molar-refractivity contribution in [1.82, 2.24) is 0 Å². The molecule has 0 unspecified atom stereocenters. The average molecular weight is 513 g/mol. The first-order valence-corrected chi connectivity index (χ1v) is 15.3. The third-order valence-electron chi connectivity index (χ3n) is 7.80. The van der Waals surface area contributed by atoms with E-state index in [0.717, 1.165) is 0 Å². The van der Waals surface area contributed by atoms with Gasteiger partial charge in [0.05, 0.1) is 18.6 Å². The van der Waals surface area contributed by atoms with Crippen LogP contribution in [0.25, 0.3) is 11.1 Å². The third kappa shape index (κ3) is 4.04. The number of ether oxygens (including phenoxy) is 1. The van der Waals surface area contributed by atoms with Gasteiger partial charge >= 0.3 is 0 Å². The Labute approximate surface area is 226 Å². The molecule has 0 saturated carbocycles. The van der Waals surface area contributed by atoms with Gasteiger partial charge in [0.15, 0.2) is 0 Å². The fourth-order valence-electron chi connectivity index (χ4n) is 6.04. The van der Waals surface area contributed by atoms with Gasteiger partial charge in [-0.05, 0) is 44.7 Å². The highest BCUT2D eigenvalue weighted by atomic mass is 28.4. The molecule has 0 bridgehead atoms. The normalized spacial score (nSPS) is 13.6. The molecular formula is C35H32O2Si. The number of hydrogen-bond acceptors (Lipinski definition) is 2. The molecule has 0 aliphatic heterocycles. The first-order valence-electron chi connectivity index (χ1n) is 13.4. The minimum absolute atomic E-state index is 0.403. The van der Waals surface area contributed by atoms with E-state index in [4.69, 9.17) is 9.16 Å². The van der Waals surface area contributed by atoms with E-state index in [2.05, 4.69) is 146 Å². The van der Waals surface area contributed by atoms with Crippen LogP contribution in [0.1, 0.15) is 18.1 Å². The van der Waals surface area contributed by atoms with Gasteiger partial charge in [0.25, 0.3) is 8.32 Å². The maximum absolute atomic E-state index is 7.54. The van der Waals surface area contributed by atoms with Gasteiger partial charge in [-0.1, -0.05) is 140 Å². The quantitative estimate of drug-likeness (QED) is 0.187. The zero-order chi connectivity index (χ0) is 25.8. The molecular weight excluding hydrogens is 480 g/mol. The molecule has 1 aliphatic carbocycles. The van der Waals surface area contributed by atoms with E-state index in [1.54, 1.807) is 0 Å². The zero-order valence-corrected chi connectivity index (χ0v) is 22.7. The predicted octanol–water partition coefficient (Wildman–Crippen LogP) is 5.67. The Kier molecular flexibility index (Phi) is 6.82. The Bertz CT molecular complexity index is 1360. The Morgan fingerprint density at radius 2 is 0.895 bits per heavy atom. The van der Waals surface area contributed by atoms with E-state index >= 15 is 0 Å². The highest BCUT2D eigenvalue weighted by Crippen LogP contribution is 2.49. The fourth-order valence-corrected chi connectivity index (χ4v) is 9.99. The highest BCUT2D eigenvalue weighted by Gasteiger charge is 2.48. The van der Waals surface area contributed by atoms with Crippen molar-refractivity contribution in [3.8, 4) is 11.1 Å². The van der Waals surface area contributed by atoms with E-state index in [1.165, 1.54) is 37.8 Å². The lowest BCUT2D eigenvalue weighted by atomic mass is 9.79. The number of rotatable bonds is 9. The molecule has 5 aromatic rings. The van der Waals surface area contributed by atoms with Gasteiger partial charge in [0, 0.05) is 6.61 Å². The molecule has 0 atom stereocenters. The molecule has 0 spiro atoms. The molecule has 0 fully saturated rings. The second-order valence-electron chi connectivity index (χ2n) is 9.88. The van der Waals surface area contributed by atoms with Gasteiger partial charge in [0.1, 0.15) is 0 Å². The van der Waals surface area contributed by atoms with Crippen LogP contribution in [0.5, 0.6) is 0 Å². The topological polar surface area (TPSA) is 18.5 Å². The van der Waals surface area contributed by atoms with Crippen LogP contribution in [0, 0.1) is 0 Å². The van der Waals surface area contributed by atoms with Crippen molar-refractivity contribution in [2.24, 2.45) is 0 Å². The first-order chi connectivity index (χ1) is 18.8. The van der Waals surface area contributed by atoms with Crippen molar-refractivity contribution >= 4 is 23.9 Å². The van der Waals surface area contributed by atoms with E-state index in [9.17, 15) is 0 Å². The molecule has 38 heavy (non-hydrogen) atoms. The Hall–Kier alpha value is -3.76. The van der Waals surface area contributed by atoms with Crippen LogP contribution in [0.15, 0.2) is 140 Å². The molecule has 188 valence electrons. The second-order valence-corrected chi connectivity index (χ2v) is 13.3. The van der Waals surface area contributed by atoms with Crippen LogP contribution in [0.4, 0.5) is 0 Å². The van der Waals surface area contributed by atoms with Crippen LogP contribution < -0.4 is 15.6 Å². The molecule has 0 heterocycles. The molecule has 3 heteroatoms. The van der Waals surface area contributed by atoms with Gasteiger partial charge in [-0.3, -0.25) is 0 Å². The molecule has 1 aliphatic rings. The fraction of sp³-hybridized carbons (Fsp3) is 0.143. The Morgan fingerprint density at radius 1 is 0.500 bits per heavy atom. The summed E-state index contributed by atoms with van der Waals surface area (Å²) in [7, 11) is -2.88. The molecule has 5 aromatic carbocycles. The lowest BCUT2D eigenvalue weighted by Crippen LogP contribution is -2.70. The summed E-state index contributed by atoms with van der Waals surface area (Å²) in [6.07, 6.45) is 0. The van der Waals surface area contributed by atoms with Crippen LogP contribution in [-0.4, -0.2) is 28.1 Å². The summed E-state index contributed by atoms with van der Waals surface area (Å²) in [5.74, 6) is 0. The minimum atomic E-state index is -2.88. The van der Waals surface area contributed by atoms with Crippen LogP contribution in [-0.2, 0) is 14.6 Å². The number of benzene rings is 5. The van der Waals surface area contributed by atoms with Gasteiger partial charge in [0.2, 0.25) is 0 Å². The largest absolute Gasteiger partial charge is 0.403 e. The van der Waals surface area contributed by atoms with Gasteiger partial charge < -0.3 is 9.16 Å². The maximum Gasteiger partial charge on any atom is 0.288 e. The molecule has 2 nitrogen and oxygen atoms in total. The molecule has 0 aromatic heterocycles. The summed E-state index contributed by atoms with van der Waals surface area (Å²) < 4.78 is 13.8. The standard InChI is InChI=1S/C35H32O2Si/c1-2-36-26-35(33-24-14-12-22-31(33)32-23-13-15-25-34(32)35)27-37-38(28-16-6-3-7-17-28,29-18-8-4-9-19-29)30-20-10-5-11-21-30/h3-25H,2,26-27H2,1H3. The molecule has 0 saturated heterocycles. The number of fused-ring (bicyclic) bond motifs is 3. The van der Waals surface area contributed by atoms with Crippen LogP contribution in [0.3, 0.4) is 0 Å². The molecule has 0 radical (unpaired) electrons. The van der Waals surface area contributed by atoms with Crippen LogP contribution in [0.2, 0.25) is 0 Å². The lowest BCUT2D eigenvalue weighted by Gasteiger charge is -2.39. The van der Waals surface area contributed by atoms with Crippen LogP contribution >= 0.6 is 0 Å². The van der Waals surface area contributed by atoms with Crippen molar-refractivity contribution in [3.63, 3.8) is 0 Å². The zero-order valence-electron chi connectivity index (χ0n) is 21.7. The van der Waals surface area contributed by atoms with Crippen molar-refractivity contribution in [1.29, 1.82) is 0 Å². The first kappa shape index (κ1) is 24.6. The summed E-state index contributed by atoms with van der Waals surface area (Å²) >= 11 is 0. The van der Waals surface area contributed by atoms with E-state index < -0.39 is 13.7 Å².